The van der Waals surface area contributed by atoms with Gasteiger partial charge in [-0.3, -0.25) is 5.73 Å². The first-order chi connectivity index (χ1) is 14.2. The molecule has 3 aromatic rings. The number of benzene rings is 1. The van der Waals surface area contributed by atoms with E-state index in [9.17, 15) is 5.26 Å². The number of aromatic amines is 1. The zero-order valence-electron chi connectivity index (χ0n) is 16.5. The molecule has 0 amide bonds. The molecule has 0 unspecified atom stereocenters. The summed E-state index contributed by atoms with van der Waals surface area (Å²) in [5.74, 6) is 3.26. The molecule has 0 atom stereocenters. The van der Waals surface area contributed by atoms with Gasteiger partial charge in [0, 0.05) is 12.0 Å². The highest BCUT2D eigenvalue weighted by Crippen LogP contribution is 2.35. The molecule has 0 aliphatic heterocycles. The van der Waals surface area contributed by atoms with Crippen molar-refractivity contribution >= 4 is 5.82 Å². The van der Waals surface area contributed by atoms with Crippen LogP contribution >= 0.6 is 0 Å². The first-order valence-electron chi connectivity index (χ1n) is 9.82. The Bertz CT molecular complexity index is 1050. The number of methoxy groups -OCH3 is 1. The van der Waals surface area contributed by atoms with E-state index in [0.717, 1.165) is 54.0 Å². The number of nitrogens with one attached hydrogen (secondary N) is 1. The highest BCUT2D eigenvalue weighted by molar-refractivity contribution is 5.74. The lowest BCUT2D eigenvalue weighted by Gasteiger charge is -2.11. The van der Waals surface area contributed by atoms with E-state index in [1.807, 2.05) is 36.4 Å². The predicted octanol–water partition coefficient (Wildman–Crippen LogP) is 4.07. The first-order valence-corrected chi connectivity index (χ1v) is 9.82. The van der Waals surface area contributed by atoms with Gasteiger partial charge in [0.05, 0.1) is 12.7 Å². The molecule has 0 fully saturated rings. The van der Waals surface area contributed by atoms with Crippen molar-refractivity contribution in [2.24, 2.45) is 0 Å². The standard InChI is InChI=1S/C23H23N3O3/c1-27-15-7-9-16(10-8-15)28-14-17-11-12-21(29-17)22-18-5-3-2-4-6-20(18)26-23(25)19(22)13-24/h7-12H,2-6,14H2,1H3,(H2,25,26)/p+1. The van der Waals surface area contributed by atoms with Crippen LogP contribution in [-0.2, 0) is 19.4 Å². The summed E-state index contributed by atoms with van der Waals surface area (Å²) in [5.41, 5.74) is 9.67. The average Bonchev–Trinajstić information content (AvgIpc) is 3.09. The van der Waals surface area contributed by atoms with Crippen molar-refractivity contribution < 1.29 is 18.9 Å². The number of ether oxygens (including phenoxy) is 2. The SMILES string of the molecule is COc1ccc(OCc2ccc(-c3c(C#N)c(N)[nH+]c4c3CCCCC4)o2)cc1. The number of H-pyrrole nitrogens is 1. The summed E-state index contributed by atoms with van der Waals surface area (Å²) in [6.07, 6.45) is 5.23. The molecule has 0 saturated heterocycles. The molecule has 4 rings (SSSR count). The van der Waals surface area contributed by atoms with Crippen LogP contribution in [0, 0.1) is 11.3 Å². The number of fused-ring (bicyclic) bond motifs is 1. The molecular weight excluding hydrogens is 366 g/mol. The fraction of sp³-hybridized carbons (Fsp3) is 0.304. The van der Waals surface area contributed by atoms with Gasteiger partial charge in [0.2, 0.25) is 0 Å². The van der Waals surface area contributed by atoms with E-state index in [4.69, 9.17) is 19.6 Å². The molecule has 148 valence electrons. The first kappa shape index (κ1) is 18.9. The van der Waals surface area contributed by atoms with Gasteiger partial charge in [0.1, 0.15) is 41.4 Å². The number of aromatic nitrogens is 1. The highest BCUT2D eigenvalue weighted by atomic mass is 16.5. The largest absolute Gasteiger partial charge is 0.497 e. The fourth-order valence-electron chi connectivity index (χ4n) is 3.81. The van der Waals surface area contributed by atoms with Gasteiger partial charge < -0.3 is 13.9 Å². The summed E-state index contributed by atoms with van der Waals surface area (Å²) >= 11 is 0. The maximum Gasteiger partial charge on any atom is 0.289 e. The van der Waals surface area contributed by atoms with E-state index < -0.39 is 0 Å². The summed E-state index contributed by atoms with van der Waals surface area (Å²) in [4.78, 5) is 3.24. The number of nitrogens with two attached hydrogens (primary N) is 1. The molecule has 0 saturated carbocycles. The van der Waals surface area contributed by atoms with Crippen molar-refractivity contribution in [3.05, 3.63) is 59.0 Å². The molecular formula is C23H24N3O3+. The van der Waals surface area contributed by atoms with Crippen LogP contribution in [0.1, 0.15) is 41.8 Å². The van der Waals surface area contributed by atoms with E-state index in [1.165, 1.54) is 6.42 Å². The van der Waals surface area contributed by atoms with E-state index in [2.05, 4.69) is 11.1 Å². The number of anilines is 1. The average molecular weight is 390 g/mol. The van der Waals surface area contributed by atoms with E-state index in [-0.39, 0.29) is 0 Å². The molecule has 2 aromatic heterocycles. The van der Waals surface area contributed by atoms with E-state index in [0.29, 0.717) is 29.5 Å². The Morgan fingerprint density at radius 1 is 1.07 bits per heavy atom. The van der Waals surface area contributed by atoms with Crippen LogP contribution in [0.25, 0.3) is 11.3 Å². The third-order valence-electron chi connectivity index (χ3n) is 5.28. The van der Waals surface area contributed by atoms with Crippen molar-refractivity contribution in [2.45, 2.75) is 38.7 Å². The van der Waals surface area contributed by atoms with Gasteiger partial charge in [-0.05, 0) is 55.7 Å². The molecule has 6 heteroatoms. The lowest BCUT2D eigenvalue weighted by atomic mass is 9.95. The summed E-state index contributed by atoms with van der Waals surface area (Å²) in [5, 5.41) is 9.71. The van der Waals surface area contributed by atoms with E-state index >= 15 is 0 Å². The van der Waals surface area contributed by atoms with Crippen LogP contribution < -0.4 is 20.2 Å². The van der Waals surface area contributed by atoms with Crippen molar-refractivity contribution in [1.82, 2.24) is 0 Å². The van der Waals surface area contributed by atoms with Gasteiger partial charge >= 0.3 is 0 Å². The van der Waals surface area contributed by atoms with Crippen LogP contribution in [0.4, 0.5) is 5.82 Å². The van der Waals surface area contributed by atoms with Gasteiger partial charge in [0.15, 0.2) is 5.56 Å². The summed E-state index contributed by atoms with van der Waals surface area (Å²) in [6, 6.07) is 13.4. The second-order valence-electron chi connectivity index (χ2n) is 7.15. The second kappa shape index (κ2) is 8.27. The minimum atomic E-state index is 0.296. The lowest BCUT2D eigenvalue weighted by molar-refractivity contribution is -0.373. The van der Waals surface area contributed by atoms with Crippen LogP contribution in [0.5, 0.6) is 11.5 Å². The minimum absolute atomic E-state index is 0.296. The monoisotopic (exact) mass is 390 g/mol. The topological polar surface area (TPSA) is 95.5 Å². The predicted molar refractivity (Wildman–Crippen MR) is 108 cm³/mol. The van der Waals surface area contributed by atoms with Gasteiger partial charge in [-0.1, -0.05) is 6.42 Å². The van der Waals surface area contributed by atoms with Gasteiger partial charge in [-0.2, -0.15) is 5.26 Å². The summed E-state index contributed by atoms with van der Waals surface area (Å²) in [6.45, 7) is 0.296. The second-order valence-corrected chi connectivity index (χ2v) is 7.15. The van der Waals surface area contributed by atoms with Crippen molar-refractivity contribution in [2.75, 3.05) is 12.8 Å². The number of nitriles is 1. The molecule has 0 bridgehead atoms. The lowest BCUT2D eigenvalue weighted by Crippen LogP contribution is -2.21. The molecule has 1 aliphatic rings. The molecule has 0 radical (unpaired) electrons. The Labute approximate surface area is 169 Å². The van der Waals surface area contributed by atoms with Crippen LogP contribution in [0.2, 0.25) is 0 Å². The molecule has 2 heterocycles. The Balaban J connectivity index is 1.62. The number of hydrogen-bond acceptors (Lipinski definition) is 5. The number of rotatable bonds is 5. The number of nitrogen functional groups attached to an aromatic ring is 1. The van der Waals surface area contributed by atoms with Crippen molar-refractivity contribution in [3.8, 4) is 28.9 Å². The summed E-state index contributed by atoms with van der Waals surface area (Å²) < 4.78 is 17.0. The molecule has 6 nitrogen and oxygen atoms in total. The highest BCUT2D eigenvalue weighted by Gasteiger charge is 2.26. The van der Waals surface area contributed by atoms with Gasteiger partial charge in [-0.15, -0.1) is 0 Å². The maximum atomic E-state index is 9.71. The number of pyridine rings is 1. The molecule has 1 aromatic carbocycles. The van der Waals surface area contributed by atoms with Crippen LogP contribution in [-0.4, -0.2) is 7.11 Å². The Hall–Kier alpha value is -3.46. The third-order valence-corrected chi connectivity index (χ3v) is 5.28. The molecule has 29 heavy (non-hydrogen) atoms. The molecule has 1 aliphatic carbocycles. The molecule has 3 N–H and O–H groups in total. The quantitative estimate of drug-likeness (QED) is 0.663. The number of furan rings is 1. The Morgan fingerprint density at radius 3 is 2.59 bits per heavy atom. The number of hydrogen-bond donors (Lipinski definition) is 1. The number of nitrogens with zero attached hydrogens (tertiary/aromatic N) is 1. The fourth-order valence-corrected chi connectivity index (χ4v) is 3.81. The number of aryl methyl sites for hydroxylation is 1. The minimum Gasteiger partial charge on any atom is -0.497 e. The Kier molecular flexibility index (Phi) is 5.39. The summed E-state index contributed by atoms with van der Waals surface area (Å²) in [7, 11) is 1.63. The van der Waals surface area contributed by atoms with Crippen LogP contribution in [0.15, 0.2) is 40.8 Å². The van der Waals surface area contributed by atoms with E-state index in [1.54, 1.807) is 7.11 Å². The third kappa shape index (κ3) is 3.90. The van der Waals surface area contributed by atoms with Gasteiger partial charge in [0.25, 0.3) is 5.82 Å². The van der Waals surface area contributed by atoms with Crippen LogP contribution in [0.3, 0.4) is 0 Å². The van der Waals surface area contributed by atoms with Gasteiger partial charge in [-0.25, -0.2) is 4.98 Å². The van der Waals surface area contributed by atoms with Crippen molar-refractivity contribution in [1.29, 1.82) is 5.26 Å². The smallest absolute Gasteiger partial charge is 0.289 e. The Morgan fingerprint density at radius 2 is 1.83 bits per heavy atom. The molecule has 0 spiro atoms. The zero-order chi connectivity index (χ0) is 20.2. The zero-order valence-corrected chi connectivity index (χ0v) is 16.5. The maximum absolute atomic E-state index is 9.71. The van der Waals surface area contributed by atoms with Crippen molar-refractivity contribution in [3.63, 3.8) is 0 Å². The normalized spacial score (nSPS) is 13.2.